The van der Waals surface area contributed by atoms with Gasteiger partial charge in [-0.3, -0.25) is 9.59 Å². The Kier molecular flexibility index (Phi) is 4.05. The van der Waals surface area contributed by atoms with E-state index in [-0.39, 0.29) is 0 Å². The van der Waals surface area contributed by atoms with Crippen molar-refractivity contribution in [2.24, 2.45) is 0 Å². The Morgan fingerprint density at radius 2 is 1.73 bits per heavy atom. The summed E-state index contributed by atoms with van der Waals surface area (Å²) in [5, 5.41) is 3.31. The molecular formula is C16H12Cl2N2O2. The van der Waals surface area contributed by atoms with E-state index in [1.54, 1.807) is 6.07 Å². The van der Waals surface area contributed by atoms with Gasteiger partial charge in [-0.25, -0.2) is 0 Å². The van der Waals surface area contributed by atoms with Gasteiger partial charge in [0, 0.05) is 28.0 Å². The van der Waals surface area contributed by atoms with Crippen LogP contribution >= 0.6 is 23.2 Å². The number of nitrogens with zero attached hydrogens (tertiary/aromatic N) is 1. The number of anilines is 2. The van der Waals surface area contributed by atoms with Crippen LogP contribution in [0.15, 0.2) is 42.5 Å². The standard InChI is InChI=1S/C16H12Cl2N2O2/c17-11-7-12(18)9-13(8-11)19-15(21)16(22)20-6-5-10-3-1-2-4-14(10)20/h1-4,7-9H,5-6H2,(H,19,21). The Morgan fingerprint density at radius 1 is 1.05 bits per heavy atom. The predicted octanol–water partition coefficient (Wildman–Crippen LogP) is 3.52. The number of carbonyl (C=O) groups excluding carboxylic acids is 2. The average molecular weight is 335 g/mol. The van der Waals surface area contributed by atoms with Crippen molar-refractivity contribution in [3.63, 3.8) is 0 Å². The molecule has 112 valence electrons. The summed E-state index contributed by atoms with van der Waals surface area (Å²) < 4.78 is 0. The van der Waals surface area contributed by atoms with Gasteiger partial charge in [0.2, 0.25) is 0 Å². The van der Waals surface area contributed by atoms with Crippen molar-refractivity contribution in [1.82, 2.24) is 0 Å². The fourth-order valence-electron chi connectivity index (χ4n) is 2.48. The maximum absolute atomic E-state index is 12.3. The van der Waals surface area contributed by atoms with Crippen LogP contribution in [0.4, 0.5) is 11.4 Å². The summed E-state index contributed by atoms with van der Waals surface area (Å²) in [6.45, 7) is 0.502. The molecule has 6 heteroatoms. The highest BCUT2D eigenvalue weighted by molar-refractivity contribution is 6.44. The molecule has 2 aromatic rings. The van der Waals surface area contributed by atoms with Crippen LogP contribution in [-0.2, 0) is 16.0 Å². The molecule has 0 saturated carbocycles. The lowest BCUT2D eigenvalue weighted by molar-refractivity contribution is -0.134. The SMILES string of the molecule is O=C(Nc1cc(Cl)cc(Cl)c1)C(=O)N1CCc2ccccc21. The number of rotatable bonds is 1. The molecular weight excluding hydrogens is 323 g/mol. The average Bonchev–Trinajstić information content (AvgIpc) is 2.89. The summed E-state index contributed by atoms with van der Waals surface area (Å²) in [6.07, 6.45) is 0.748. The zero-order chi connectivity index (χ0) is 15.7. The number of halogens is 2. The lowest BCUT2D eigenvalue weighted by Gasteiger charge is -2.16. The highest BCUT2D eigenvalue weighted by Crippen LogP contribution is 2.28. The minimum atomic E-state index is -0.713. The molecule has 2 aromatic carbocycles. The third-order valence-electron chi connectivity index (χ3n) is 3.45. The molecule has 4 nitrogen and oxygen atoms in total. The van der Waals surface area contributed by atoms with Gasteiger partial charge >= 0.3 is 11.8 Å². The molecule has 1 aliphatic rings. The van der Waals surface area contributed by atoms with Gasteiger partial charge in [-0.1, -0.05) is 41.4 Å². The van der Waals surface area contributed by atoms with E-state index < -0.39 is 11.8 Å². The van der Waals surface area contributed by atoms with Crippen LogP contribution in [0.5, 0.6) is 0 Å². The molecule has 1 aliphatic heterocycles. The third-order valence-corrected chi connectivity index (χ3v) is 3.88. The van der Waals surface area contributed by atoms with Gasteiger partial charge in [-0.05, 0) is 36.2 Å². The van der Waals surface area contributed by atoms with Crippen LogP contribution in [-0.4, -0.2) is 18.4 Å². The smallest absolute Gasteiger partial charge is 0.316 e. The fraction of sp³-hybridized carbons (Fsp3) is 0.125. The predicted molar refractivity (Wildman–Crippen MR) is 87.6 cm³/mol. The van der Waals surface area contributed by atoms with E-state index in [2.05, 4.69) is 5.32 Å². The second kappa shape index (κ2) is 5.99. The van der Waals surface area contributed by atoms with Gasteiger partial charge in [0.15, 0.2) is 0 Å². The van der Waals surface area contributed by atoms with Gasteiger partial charge in [0.1, 0.15) is 0 Å². The topological polar surface area (TPSA) is 49.4 Å². The first-order valence-corrected chi connectivity index (χ1v) is 7.47. The van der Waals surface area contributed by atoms with Crippen LogP contribution < -0.4 is 10.2 Å². The highest BCUT2D eigenvalue weighted by atomic mass is 35.5. The summed E-state index contributed by atoms with van der Waals surface area (Å²) in [7, 11) is 0. The largest absolute Gasteiger partial charge is 0.318 e. The molecule has 3 rings (SSSR count). The van der Waals surface area contributed by atoms with E-state index in [1.807, 2.05) is 24.3 Å². The van der Waals surface area contributed by atoms with Crippen LogP contribution in [0.1, 0.15) is 5.56 Å². The Balaban J connectivity index is 1.77. The molecule has 0 aromatic heterocycles. The lowest BCUT2D eigenvalue weighted by Crippen LogP contribution is -2.38. The minimum Gasteiger partial charge on any atom is -0.318 e. The first kappa shape index (κ1) is 14.9. The van der Waals surface area contributed by atoms with E-state index in [4.69, 9.17) is 23.2 Å². The summed E-state index contributed by atoms with van der Waals surface area (Å²) in [5.74, 6) is -1.31. The van der Waals surface area contributed by atoms with Gasteiger partial charge < -0.3 is 10.2 Å². The normalized spacial score (nSPS) is 12.9. The van der Waals surface area contributed by atoms with Gasteiger partial charge in [-0.15, -0.1) is 0 Å². The summed E-state index contributed by atoms with van der Waals surface area (Å²) in [4.78, 5) is 26.0. The molecule has 0 unspecified atom stereocenters. The highest BCUT2D eigenvalue weighted by Gasteiger charge is 2.28. The van der Waals surface area contributed by atoms with Crippen LogP contribution in [0.25, 0.3) is 0 Å². The van der Waals surface area contributed by atoms with Crippen molar-refractivity contribution >= 4 is 46.4 Å². The first-order valence-electron chi connectivity index (χ1n) is 6.71. The maximum Gasteiger partial charge on any atom is 0.316 e. The zero-order valence-corrected chi connectivity index (χ0v) is 13.0. The number of hydrogen-bond donors (Lipinski definition) is 1. The molecule has 1 N–H and O–H groups in total. The molecule has 2 amide bonds. The molecule has 0 fully saturated rings. The third kappa shape index (κ3) is 2.93. The second-order valence-corrected chi connectivity index (χ2v) is 5.82. The number of hydrogen-bond acceptors (Lipinski definition) is 2. The van der Waals surface area contributed by atoms with Gasteiger partial charge in [0.05, 0.1) is 0 Å². The van der Waals surface area contributed by atoms with Crippen LogP contribution in [0, 0.1) is 0 Å². The second-order valence-electron chi connectivity index (χ2n) is 4.95. The molecule has 0 atom stereocenters. The van der Waals surface area contributed by atoms with E-state index in [9.17, 15) is 9.59 Å². The van der Waals surface area contributed by atoms with E-state index in [1.165, 1.54) is 17.0 Å². The van der Waals surface area contributed by atoms with E-state index >= 15 is 0 Å². The maximum atomic E-state index is 12.3. The number of nitrogens with one attached hydrogen (secondary N) is 1. The number of carbonyl (C=O) groups is 2. The van der Waals surface area contributed by atoms with Crippen molar-refractivity contribution in [3.8, 4) is 0 Å². The molecule has 0 spiro atoms. The Hall–Kier alpha value is -2.04. The Morgan fingerprint density at radius 3 is 2.45 bits per heavy atom. The van der Waals surface area contributed by atoms with E-state index in [0.717, 1.165) is 17.7 Å². The fourth-order valence-corrected chi connectivity index (χ4v) is 3.01. The number of amides is 2. The molecule has 0 bridgehead atoms. The summed E-state index contributed by atoms with van der Waals surface area (Å²) in [5.41, 5.74) is 2.24. The molecule has 0 radical (unpaired) electrons. The monoisotopic (exact) mass is 334 g/mol. The van der Waals surface area contributed by atoms with Crippen LogP contribution in [0.2, 0.25) is 10.0 Å². The molecule has 22 heavy (non-hydrogen) atoms. The number of benzene rings is 2. The van der Waals surface area contributed by atoms with E-state index in [0.29, 0.717) is 22.3 Å². The van der Waals surface area contributed by atoms with Crippen molar-refractivity contribution in [2.45, 2.75) is 6.42 Å². The van der Waals surface area contributed by atoms with Gasteiger partial charge in [-0.2, -0.15) is 0 Å². The summed E-state index contributed by atoms with van der Waals surface area (Å²) in [6, 6.07) is 12.2. The van der Waals surface area contributed by atoms with Crippen LogP contribution in [0.3, 0.4) is 0 Å². The van der Waals surface area contributed by atoms with Crippen molar-refractivity contribution in [2.75, 3.05) is 16.8 Å². The molecule has 0 aliphatic carbocycles. The molecule has 0 saturated heterocycles. The lowest BCUT2D eigenvalue weighted by atomic mass is 10.2. The zero-order valence-electron chi connectivity index (χ0n) is 11.5. The first-order chi connectivity index (χ1) is 10.5. The van der Waals surface area contributed by atoms with Crippen molar-refractivity contribution < 1.29 is 9.59 Å². The summed E-state index contributed by atoms with van der Waals surface area (Å²) >= 11 is 11.8. The Bertz CT molecular complexity index is 741. The quantitative estimate of drug-likeness (QED) is 0.811. The molecule has 1 heterocycles. The Labute approximate surface area is 137 Å². The van der Waals surface area contributed by atoms with Crippen molar-refractivity contribution in [3.05, 3.63) is 58.1 Å². The number of para-hydroxylation sites is 1. The van der Waals surface area contributed by atoms with Crippen molar-refractivity contribution in [1.29, 1.82) is 0 Å². The number of fused-ring (bicyclic) bond motifs is 1. The van der Waals surface area contributed by atoms with Gasteiger partial charge in [0.25, 0.3) is 0 Å². The minimum absolute atomic E-state index is 0.391.